The molecule has 0 spiro atoms. The van der Waals surface area contributed by atoms with E-state index in [9.17, 15) is 20.1 Å². The van der Waals surface area contributed by atoms with Crippen molar-refractivity contribution in [2.45, 2.75) is 114 Å². The van der Waals surface area contributed by atoms with Gasteiger partial charge in [0.25, 0.3) is 0 Å². The zero-order valence-corrected chi connectivity index (χ0v) is 29.1. The second-order valence-electron chi connectivity index (χ2n) is 15.4. The number of carbonyl (C=O) groups excluding carboxylic acids is 1. The Hall–Kier alpha value is -3.79. The summed E-state index contributed by atoms with van der Waals surface area (Å²) in [6.45, 7) is 2.93. The van der Waals surface area contributed by atoms with Gasteiger partial charge in [0.1, 0.15) is 11.9 Å². The van der Waals surface area contributed by atoms with E-state index in [1.807, 2.05) is 6.92 Å². The highest BCUT2D eigenvalue weighted by Crippen LogP contribution is 2.65. The predicted molar refractivity (Wildman–Crippen MR) is 193 cm³/mol. The topological polar surface area (TPSA) is 141 Å². The standard InChI is InChI=1S/C41H50N4O5/c1-2-6-25(46)18-27(48)19-26(47)14-12-24-13-15-36(49)37(17-24)50-23-45-21-30-33(20-43-35(30)22-45)41-16-5-10-31(41)28-7-4-11-34-39(28)38-29(40(42)44-34)8-3-9-32(38)41/h3,8-9,13,15,17,20,22,25,27-28,31,39-40,46,48-49H,2,4-7,10-12,14,16,18-19,21,23,42H2,1H3. The average molecular weight is 679 g/mol. The number of nitrogens with zero attached hydrogens (tertiary/aromatic N) is 3. The third-order valence-corrected chi connectivity index (χ3v) is 12.4. The van der Waals surface area contributed by atoms with Crippen LogP contribution in [-0.4, -0.2) is 63.4 Å². The highest BCUT2D eigenvalue weighted by Gasteiger charge is 2.59. The van der Waals surface area contributed by atoms with Crippen LogP contribution in [0, 0.1) is 11.8 Å². The van der Waals surface area contributed by atoms with E-state index in [0.717, 1.165) is 30.5 Å². The zero-order valence-electron chi connectivity index (χ0n) is 29.1. The van der Waals surface area contributed by atoms with Crippen molar-refractivity contribution >= 4 is 17.7 Å². The molecule has 6 aliphatic rings. The largest absolute Gasteiger partial charge is 0.504 e. The number of nitrogens with two attached hydrogens (primary N) is 1. The lowest BCUT2D eigenvalue weighted by Crippen LogP contribution is -2.49. The van der Waals surface area contributed by atoms with Gasteiger partial charge in [0.2, 0.25) is 0 Å². The number of hydrogen-bond donors (Lipinski definition) is 4. The molecule has 2 fully saturated rings. The van der Waals surface area contributed by atoms with Gasteiger partial charge in [-0.25, -0.2) is 0 Å². The van der Waals surface area contributed by atoms with Crippen LogP contribution in [0.5, 0.6) is 11.5 Å². The first kappa shape index (κ1) is 33.4. The predicted octanol–water partition coefficient (Wildman–Crippen LogP) is 6.12. The molecule has 0 saturated heterocycles. The van der Waals surface area contributed by atoms with Gasteiger partial charge >= 0.3 is 0 Å². The Morgan fingerprint density at radius 1 is 1.16 bits per heavy atom. The fourth-order valence-electron chi connectivity index (χ4n) is 10.4. The van der Waals surface area contributed by atoms with Crippen LogP contribution in [0.4, 0.5) is 0 Å². The number of aromatic hydroxyl groups is 1. The summed E-state index contributed by atoms with van der Waals surface area (Å²) in [5.41, 5.74) is 16.6. The number of ketones is 1. The number of aliphatic hydroxyl groups excluding tert-OH is 2. The lowest BCUT2D eigenvalue weighted by atomic mass is 9.50. The summed E-state index contributed by atoms with van der Waals surface area (Å²) in [7, 11) is 0. The molecule has 5 N–H and O–H groups in total. The molecule has 264 valence electrons. The van der Waals surface area contributed by atoms with Crippen molar-refractivity contribution in [3.63, 3.8) is 0 Å². The second-order valence-corrected chi connectivity index (χ2v) is 15.4. The summed E-state index contributed by atoms with van der Waals surface area (Å²) in [6, 6.07) is 12.0. The fraction of sp³-hybridized carbons (Fsp3) is 0.537. The summed E-state index contributed by atoms with van der Waals surface area (Å²) in [4.78, 5) is 24.7. The van der Waals surface area contributed by atoms with Gasteiger partial charge in [0.05, 0.1) is 17.9 Å². The molecular weight excluding hydrogens is 628 g/mol. The van der Waals surface area contributed by atoms with Gasteiger partial charge in [-0.1, -0.05) is 44.0 Å². The number of aliphatic hydroxyl groups is 2. The maximum absolute atomic E-state index is 12.5. The first-order valence-electron chi connectivity index (χ1n) is 18.8. The molecule has 2 aromatic rings. The smallest absolute Gasteiger partial charge is 0.163 e. The van der Waals surface area contributed by atoms with Crippen LogP contribution in [0.15, 0.2) is 69.4 Å². The van der Waals surface area contributed by atoms with E-state index >= 15 is 0 Å². The van der Waals surface area contributed by atoms with Crippen LogP contribution in [0.3, 0.4) is 0 Å². The van der Waals surface area contributed by atoms with Crippen molar-refractivity contribution in [1.29, 1.82) is 0 Å². The number of ether oxygens (including phenoxy) is 1. The maximum Gasteiger partial charge on any atom is 0.163 e. The normalized spacial score (nSPS) is 28.5. The van der Waals surface area contributed by atoms with E-state index in [4.69, 9.17) is 20.5 Å². The average Bonchev–Trinajstić information content (AvgIpc) is 3.82. The van der Waals surface area contributed by atoms with Gasteiger partial charge in [-0.15, -0.1) is 0 Å². The number of allylic oxidation sites excluding steroid dienone is 1. The third kappa shape index (κ3) is 5.71. The van der Waals surface area contributed by atoms with Crippen LogP contribution in [0.25, 0.3) is 0 Å². The molecule has 3 heterocycles. The summed E-state index contributed by atoms with van der Waals surface area (Å²) in [6.07, 6.45) is 12.0. The molecule has 8 rings (SSSR count). The van der Waals surface area contributed by atoms with Crippen LogP contribution < -0.4 is 10.5 Å². The molecule has 3 aliphatic heterocycles. The zero-order chi connectivity index (χ0) is 34.6. The Bertz CT molecular complexity index is 1800. The summed E-state index contributed by atoms with van der Waals surface area (Å²) >= 11 is 0. The molecule has 9 heteroatoms. The maximum atomic E-state index is 12.5. The Morgan fingerprint density at radius 3 is 2.90 bits per heavy atom. The molecule has 0 bridgehead atoms. The van der Waals surface area contributed by atoms with Crippen LogP contribution >= 0.6 is 0 Å². The number of fused-ring (bicyclic) bond motifs is 4. The monoisotopic (exact) mass is 678 g/mol. The van der Waals surface area contributed by atoms with Crippen LogP contribution in [0.2, 0.25) is 0 Å². The Kier molecular flexibility index (Phi) is 8.94. The van der Waals surface area contributed by atoms with Gasteiger partial charge in [-0.2, -0.15) is 0 Å². The first-order valence-corrected chi connectivity index (χ1v) is 18.8. The quantitative estimate of drug-likeness (QED) is 0.200. The van der Waals surface area contributed by atoms with Gasteiger partial charge in [0.15, 0.2) is 18.2 Å². The third-order valence-electron chi connectivity index (χ3n) is 12.4. The molecule has 2 aromatic carbocycles. The van der Waals surface area contributed by atoms with E-state index < -0.39 is 12.2 Å². The van der Waals surface area contributed by atoms with E-state index in [0.29, 0.717) is 42.9 Å². The Morgan fingerprint density at radius 2 is 2.04 bits per heavy atom. The van der Waals surface area contributed by atoms with Crippen molar-refractivity contribution in [3.05, 3.63) is 81.7 Å². The van der Waals surface area contributed by atoms with Crippen molar-refractivity contribution in [2.24, 2.45) is 27.6 Å². The Labute approximate surface area is 294 Å². The van der Waals surface area contributed by atoms with Crippen molar-refractivity contribution in [1.82, 2.24) is 4.90 Å². The minimum Gasteiger partial charge on any atom is -0.504 e. The van der Waals surface area contributed by atoms with Gasteiger partial charge < -0.3 is 30.7 Å². The van der Waals surface area contributed by atoms with Gasteiger partial charge in [0, 0.05) is 54.4 Å². The molecular formula is C41H50N4O5. The highest BCUT2D eigenvalue weighted by atomic mass is 16.5. The van der Waals surface area contributed by atoms with E-state index in [1.165, 1.54) is 59.2 Å². The molecule has 2 saturated carbocycles. The molecule has 0 aromatic heterocycles. The summed E-state index contributed by atoms with van der Waals surface area (Å²) in [5.74, 6) is 1.91. The molecule has 50 heavy (non-hydrogen) atoms. The van der Waals surface area contributed by atoms with Crippen molar-refractivity contribution in [3.8, 4) is 11.5 Å². The second kappa shape index (κ2) is 13.4. The van der Waals surface area contributed by atoms with E-state index in [1.54, 1.807) is 18.2 Å². The molecule has 7 atom stereocenters. The highest BCUT2D eigenvalue weighted by molar-refractivity contribution is 5.96. The molecule has 0 radical (unpaired) electrons. The van der Waals surface area contributed by atoms with Gasteiger partial charge in [-0.05, 0) is 103 Å². The lowest BCUT2D eigenvalue weighted by molar-refractivity contribution is -0.121. The molecule has 7 unspecified atom stereocenters. The number of rotatable bonds is 13. The fourth-order valence-corrected chi connectivity index (χ4v) is 10.4. The number of carbonyl (C=O) groups is 1. The lowest BCUT2D eigenvalue weighted by Gasteiger charge is -2.54. The Balaban J connectivity index is 0.972. The summed E-state index contributed by atoms with van der Waals surface area (Å²) in [5, 5.41) is 30.8. The number of phenolic OH excluding ortho intramolecular Hbond substituents is 1. The van der Waals surface area contributed by atoms with Gasteiger partial charge in [-0.3, -0.25) is 14.8 Å². The van der Waals surface area contributed by atoms with Crippen molar-refractivity contribution < 1.29 is 24.9 Å². The number of aryl methyl sites for hydroxylation is 1. The molecule has 3 aliphatic carbocycles. The number of aliphatic imine (C=N–C) groups is 2. The minimum atomic E-state index is -0.836. The number of phenols is 1. The van der Waals surface area contributed by atoms with Crippen LogP contribution in [0.1, 0.15) is 112 Å². The number of hydrogen-bond acceptors (Lipinski definition) is 9. The molecule has 0 amide bonds. The SMILES string of the molecule is CCCC(O)CC(O)CC(=O)CCc1ccc(O)c(OCN2C=C3N=CC(C45CCCC4C4CCCC6=NC(N)c7cccc5c7C64)=C3C2)c1. The number of Topliss-reactive ketones (excluding diaryl/α,β-unsaturated/α-hetero) is 1. The first-order chi connectivity index (χ1) is 24.3. The van der Waals surface area contributed by atoms with Crippen LogP contribution in [-0.2, 0) is 16.6 Å². The minimum absolute atomic E-state index is 0.0328. The van der Waals surface area contributed by atoms with E-state index in [-0.39, 0.29) is 49.1 Å². The van der Waals surface area contributed by atoms with Crippen molar-refractivity contribution in [2.75, 3.05) is 13.3 Å². The number of benzene rings is 2. The molecule has 9 nitrogen and oxygen atoms in total. The van der Waals surface area contributed by atoms with E-state index in [2.05, 4.69) is 35.5 Å². The summed E-state index contributed by atoms with van der Waals surface area (Å²) < 4.78 is 6.18.